The lowest BCUT2D eigenvalue weighted by atomic mass is 9.80. The molecule has 128 valence electrons. The molecule has 1 amide bonds. The normalized spacial score (nSPS) is 17.9. The third kappa shape index (κ3) is 4.85. The van der Waals surface area contributed by atoms with E-state index < -0.39 is 5.60 Å². The average molecular weight is 339 g/mol. The van der Waals surface area contributed by atoms with Gasteiger partial charge in [-0.05, 0) is 57.7 Å². The number of hydrogen-bond donors (Lipinski definition) is 1. The molecule has 4 nitrogen and oxygen atoms in total. The van der Waals surface area contributed by atoms with Crippen molar-refractivity contribution in [3.05, 3.63) is 34.9 Å². The standard InChI is InChI=1S/C18H27ClN2O2/c1-18(2,3)23-17(22)21-10-8-13(9-11-21)15(12-20)14-6-4-5-7-16(14)19/h4-7,13,15H,8-12,20H2,1-3H3. The monoisotopic (exact) mass is 338 g/mol. The van der Waals surface area contributed by atoms with Crippen molar-refractivity contribution < 1.29 is 9.53 Å². The first-order chi connectivity index (χ1) is 10.8. The van der Waals surface area contributed by atoms with Crippen molar-refractivity contribution in [2.75, 3.05) is 19.6 Å². The second-order valence-electron chi connectivity index (χ2n) is 7.17. The van der Waals surface area contributed by atoms with Crippen LogP contribution in [-0.2, 0) is 4.74 Å². The van der Waals surface area contributed by atoms with Gasteiger partial charge >= 0.3 is 6.09 Å². The molecule has 1 fully saturated rings. The fourth-order valence-electron chi connectivity index (χ4n) is 3.16. The number of piperidine rings is 1. The molecule has 0 spiro atoms. The van der Waals surface area contributed by atoms with Crippen LogP contribution in [0.3, 0.4) is 0 Å². The molecule has 0 saturated carbocycles. The molecule has 23 heavy (non-hydrogen) atoms. The van der Waals surface area contributed by atoms with E-state index in [9.17, 15) is 4.79 Å². The molecule has 0 aliphatic carbocycles. The minimum atomic E-state index is -0.453. The molecule has 1 saturated heterocycles. The third-order valence-electron chi connectivity index (χ3n) is 4.32. The highest BCUT2D eigenvalue weighted by atomic mass is 35.5. The first kappa shape index (κ1) is 18.1. The van der Waals surface area contributed by atoms with Gasteiger partial charge in [-0.1, -0.05) is 29.8 Å². The molecule has 1 aliphatic heterocycles. The Hall–Kier alpha value is -1.26. The fourth-order valence-corrected chi connectivity index (χ4v) is 3.44. The summed E-state index contributed by atoms with van der Waals surface area (Å²) in [6.07, 6.45) is 1.62. The van der Waals surface area contributed by atoms with Crippen LogP contribution in [-0.4, -0.2) is 36.2 Å². The summed E-state index contributed by atoms with van der Waals surface area (Å²) in [5, 5.41) is 0.775. The molecule has 2 rings (SSSR count). The van der Waals surface area contributed by atoms with Gasteiger partial charge in [0.05, 0.1) is 0 Å². The van der Waals surface area contributed by atoms with Gasteiger partial charge in [0.1, 0.15) is 5.60 Å². The van der Waals surface area contributed by atoms with Crippen LogP contribution in [0.15, 0.2) is 24.3 Å². The van der Waals surface area contributed by atoms with E-state index >= 15 is 0 Å². The Morgan fingerprint density at radius 3 is 2.48 bits per heavy atom. The van der Waals surface area contributed by atoms with Crippen molar-refractivity contribution in [1.29, 1.82) is 0 Å². The lowest BCUT2D eigenvalue weighted by molar-refractivity contribution is 0.0175. The number of amides is 1. The molecule has 2 N–H and O–H groups in total. The van der Waals surface area contributed by atoms with Crippen LogP contribution in [0.2, 0.25) is 5.02 Å². The van der Waals surface area contributed by atoms with Gasteiger partial charge in [0.25, 0.3) is 0 Å². The molecule has 0 aromatic heterocycles. The first-order valence-corrected chi connectivity index (χ1v) is 8.62. The summed E-state index contributed by atoms with van der Waals surface area (Å²) in [7, 11) is 0. The fraction of sp³-hybridized carbons (Fsp3) is 0.611. The van der Waals surface area contributed by atoms with Gasteiger partial charge in [0, 0.05) is 24.0 Å². The van der Waals surface area contributed by atoms with Crippen LogP contribution in [0.25, 0.3) is 0 Å². The molecule has 0 bridgehead atoms. The van der Waals surface area contributed by atoms with E-state index in [1.165, 1.54) is 0 Å². The Morgan fingerprint density at radius 1 is 1.35 bits per heavy atom. The Kier molecular flexibility index (Phi) is 5.93. The number of nitrogens with zero attached hydrogens (tertiary/aromatic N) is 1. The van der Waals surface area contributed by atoms with Gasteiger partial charge < -0.3 is 15.4 Å². The lowest BCUT2D eigenvalue weighted by Gasteiger charge is -2.36. The Balaban J connectivity index is 1.98. The van der Waals surface area contributed by atoms with Crippen LogP contribution in [0.5, 0.6) is 0 Å². The lowest BCUT2D eigenvalue weighted by Crippen LogP contribution is -2.43. The zero-order valence-electron chi connectivity index (χ0n) is 14.2. The van der Waals surface area contributed by atoms with Crippen LogP contribution in [0.4, 0.5) is 4.79 Å². The number of nitrogens with two attached hydrogens (primary N) is 1. The van der Waals surface area contributed by atoms with Crippen molar-refractivity contribution in [2.45, 2.75) is 45.1 Å². The summed E-state index contributed by atoms with van der Waals surface area (Å²) in [4.78, 5) is 13.9. The summed E-state index contributed by atoms with van der Waals surface area (Å²) in [5.74, 6) is 0.683. The predicted octanol–water partition coefficient (Wildman–Crippen LogP) is 4.03. The minimum Gasteiger partial charge on any atom is -0.444 e. The topological polar surface area (TPSA) is 55.6 Å². The van der Waals surface area contributed by atoms with E-state index in [4.69, 9.17) is 22.1 Å². The zero-order chi connectivity index (χ0) is 17.0. The molecular weight excluding hydrogens is 312 g/mol. The molecule has 1 aromatic carbocycles. The molecule has 1 aromatic rings. The second kappa shape index (κ2) is 7.54. The van der Waals surface area contributed by atoms with E-state index in [-0.39, 0.29) is 12.0 Å². The molecule has 1 heterocycles. The number of carbonyl (C=O) groups excluding carboxylic acids is 1. The number of likely N-dealkylation sites (tertiary alicyclic amines) is 1. The van der Waals surface area contributed by atoms with Crippen molar-refractivity contribution in [3.63, 3.8) is 0 Å². The van der Waals surface area contributed by atoms with Crippen LogP contribution in [0, 0.1) is 5.92 Å². The van der Waals surface area contributed by atoms with E-state index in [0.717, 1.165) is 23.4 Å². The van der Waals surface area contributed by atoms with Crippen molar-refractivity contribution in [2.24, 2.45) is 11.7 Å². The van der Waals surface area contributed by atoms with Gasteiger partial charge in [-0.25, -0.2) is 4.79 Å². The number of hydrogen-bond acceptors (Lipinski definition) is 3. The number of rotatable bonds is 3. The van der Waals surface area contributed by atoms with Crippen LogP contribution in [0.1, 0.15) is 45.1 Å². The molecular formula is C18H27ClN2O2. The Bertz CT molecular complexity index is 534. The van der Waals surface area contributed by atoms with Crippen LogP contribution >= 0.6 is 11.6 Å². The van der Waals surface area contributed by atoms with Gasteiger partial charge in [0.2, 0.25) is 0 Å². The summed E-state index contributed by atoms with van der Waals surface area (Å²) >= 11 is 6.33. The molecule has 5 heteroatoms. The summed E-state index contributed by atoms with van der Waals surface area (Å²) in [5.41, 5.74) is 6.68. The van der Waals surface area contributed by atoms with E-state index in [1.54, 1.807) is 4.90 Å². The maximum Gasteiger partial charge on any atom is 0.410 e. The minimum absolute atomic E-state index is 0.224. The first-order valence-electron chi connectivity index (χ1n) is 8.24. The van der Waals surface area contributed by atoms with Crippen molar-refractivity contribution in [3.8, 4) is 0 Å². The smallest absolute Gasteiger partial charge is 0.410 e. The van der Waals surface area contributed by atoms with Gasteiger partial charge in [-0.3, -0.25) is 0 Å². The molecule has 1 unspecified atom stereocenters. The molecule has 0 radical (unpaired) electrons. The maximum atomic E-state index is 12.1. The Morgan fingerprint density at radius 2 is 1.96 bits per heavy atom. The summed E-state index contributed by atoms with van der Waals surface area (Å²) in [6, 6.07) is 7.90. The third-order valence-corrected chi connectivity index (χ3v) is 4.66. The van der Waals surface area contributed by atoms with Gasteiger partial charge in [0.15, 0.2) is 0 Å². The van der Waals surface area contributed by atoms with Crippen molar-refractivity contribution >= 4 is 17.7 Å². The SMILES string of the molecule is CC(C)(C)OC(=O)N1CCC(C(CN)c2ccccc2Cl)CC1. The number of carbonyl (C=O) groups is 1. The highest BCUT2D eigenvalue weighted by Gasteiger charge is 2.31. The zero-order valence-corrected chi connectivity index (χ0v) is 15.0. The summed E-state index contributed by atoms with van der Waals surface area (Å²) in [6.45, 7) is 7.65. The van der Waals surface area contributed by atoms with Crippen LogP contribution < -0.4 is 5.73 Å². The highest BCUT2D eigenvalue weighted by molar-refractivity contribution is 6.31. The van der Waals surface area contributed by atoms with Crippen molar-refractivity contribution in [1.82, 2.24) is 4.90 Å². The number of ether oxygens (including phenoxy) is 1. The number of benzene rings is 1. The Labute approximate surface area is 143 Å². The maximum absolute atomic E-state index is 12.1. The second-order valence-corrected chi connectivity index (χ2v) is 7.58. The largest absolute Gasteiger partial charge is 0.444 e. The van der Waals surface area contributed by atoms with E-state index in [2.05, 4.69) is 6.07 Å². The predicted molar refractivity (Wildman–Crippen MR) is 93.8 cm³/mol. The highest BCUT2D eigenvalue weighted by Crippen LogP contribution is 2.35. The van der Waals surface area contributed by atoms with Gasteiger partial charge in [-0.2, -0.15) is 0 Å². The molecule has 1 atom stereocenters. The van der Waals surface area contributed by atoms with Gasteiger partial charge in [-0.15, -0.1) is 0 Å². The average Bonchev–Trinajstić information content (AvgIpc) is 2.49. The van der Waals surface area contributed by atoms with E-state index in [0.29, 0.717) is 25.6 Å². The number of halogens is 1. The quantitative estimate of drug-likeness (QED) is 0.905. The molecule has 1 aliphatic rings. The summed E-state index contributed by atoms with van der Waals surface area (Å²) < 4.78 is 5.44. The van der Waals surface area contributed by atoms with E-state index in [1.807, 2.05) is 39.0 Å².